The van der Waals surface area contributed by atoms with Crippen LogP contribution < -0.4 is 19.7 Å². The molecule has 3 aromatic carbocycles. The predicted molar refractivity (Wildman–Crippen MR) is 142 cm³/mol. The number of urea groups is 1. The van der Waals surface area contributed by atoms with Gasteiger partial charge in [-0.25, -0.2) is 9.69 Å². The number of halogens is 4. The number of hydrogen-bond acceptors (Lipinski definition) is 4. The lowest BCUT2D eigenvalue weighted by atomic mass is 10.1. The van der Waals surface area contributed by atoms with Crippen molar-refractivity contribution in [3.63, 3.8) is 0 Å². The number of nitrogens with zero attached hydrogens (tertiary/aromatic N) is 1. The first kappa shape index (κ1) is 25.4. The smallest absolute Gasteiger partial charge is 0.333 e. The Morgan fingerprint density at radius 2 is 1.74 bits per heavy atom. The minimum atomic E-state index is -0.564. The maximum absolute atomic E-state index is 13.0. The van der Waals surface area contributed by atoms with Gasteiger partial charge in [0.1, 0.15) is 12.3 Å². The van der Waals surface area contributed by atoms with E-state index in [2.05, 4.69) is 21.2 Å². The van der Waals surface area contributed by atoms with Crippen molar-refractivity contribution in [1.82, 2.24) is 5.32 Å². The van der Waals surface area contributed by atoms with Crippen molar-refractivity contribution in [2.75, 3.05) is 11.5 Å². The molecule has 0 atom stereocenters. The molecule has 1 N–H and O–H groups in total. The van der Waals surface area contributed by atoms with Gasteiger partial charge in [0.25, 0.3) is 5.91 Å². The molecule has 1 aliphatic heterocycles. The number of carbonyl (C=O) groups is 2. The van der Waals surface area contributed by atoms with Crippen LogP contribution in [0.1, 0.15) is 18.1 Å². The summed E-state index contributed by atoms with van der Waals surface area (Å²) >= 11 is 21.6. The van der Waals surface area contributed by atoms with Gasteiger partial charge in [0.15, 0.2) is 11.5 Å². The molecule has 0 aliphatic carbocycles. The molecule has 1 fully saturated rings. The molecule has 180 valence electrons. The molecule has 0 radical (unpaired) electrons. The van der Waals surface area contributed by atoms with Gasteiger partial charge in [-0.1, -0.05) is 62.9 Å². The van der Waals surface area contributed by atoms with Gasteiger partial charge >= 0.3 is 6.03 Å². The molecule has 35 heavy (non-hydrogen) atoms. The van der Waals surface area contributed by atoms with Gasteiger partial charge in [0, 0.05) is 9.50 Å². The van der Waals surface area contributed by atoms with Gasteiger partial charge in [-0.2, -0.15) is 0 Å². The summed E-state index contributed by atoms with van der Waals surface area (Å²) in [5.41, 5.74) is 1.95. The first-order chi connectivity index (χ1) is 16.8. The van der Waals surface area contributed by atoms with E-state index in [-0.39, 0.29) is 12.3 Å². The molecule has 1 heterocycles. The molecular formula is C25H18BrCl3N2O4. The van der Waals surface area contributed by atoms with Crippen LogP contribution in [0.25, 0.3) is 6.08 Å². The number of imide groups is 1. The number of hydrogen-bond donors (Lipinski definition) is 1. The highest BCUT2D eigenvalue weighted by Crippen LogP contribution is 2.36. The fourth-order valence-corrected chi connectivity index (χ4v) is 4.32. The Bertz CT molecular complexity index is 1350. The van der Waals surface area contributed by atoms with Crippen LogP contribution in [0.5, 0.6) is 11.5 Å². The highest BCUT2D eigenvalue weighted by molar-refractivity contribution is 9.10. The summed E-state index contributed by atoms with van der Waals surface area (Å²) in [5, 5.41) is 3.93. The average Bonchev–Trinajstić information content (AvgIpc) is 3.09. The average molecular weight is 597 g/mol. The van der Waals surface area contributed by atoms with Gasteiger partial charge in [0.2, 0.25) is 0 Å². The molecule has 10 heteroatoms. The second-order valence-corrected chi connectivity index (χ2v) is 9.50. The van der Waals surface area contributed by atoms with E-state index in [1.165, 1.54) is 0 Å². The molecule has 1 aliphatic rings. The van der Waals surface area contributed by atoms with Crippen molar-refractivity contribution in [2.45, 2.75) is 13.5 Å². The third-order valence-corrected chi connectivity index (χ3v) is 6.65. The van der Waals surface area contributed by atoms with Gasteiger partial charge < -0.3 is 14.8 Å². The predicted octanol–water partition coefficient (Wildman–Crippen LogP) is 7.48. The number of rotatable bonds is 7. The van der Waals surface area contributed by atoms with Gasteiger partial charge in [0.05, 0.1) is 22.3 Å². The molecule has 0 spiro atoms. The van der Waals surface area contributed by atoms with Crippen LogP contribution >= 0.6 is 50.7 Å². The van der Waals surface area contributed by atoms with Crippen molar-refractivity contribution in [2.24, 2.45) is 0 Å². The van der Waals surface area contributed by atoms with Crippen LogP contribution in [0, 0.1) is 0 Å². The largest absolute Gasteiger partial charge is 0.490 e. The van der Waals surface area contributed by atoms with Crippen LogP contribution in [0.3, 0.4) is 0 Å². The molecule has 6 nitrogen and oxygen atoms in total. The summed E-state index contributed by atoms with van der Waals surface area (Å²) in [6.45, 7) is 2.50. The quantitative estimate of drug-likeness (QED) is 0.227. The Labute approximate surface area is 225 Å². The molecule has 1 saturated heterocycles. The highest BCUT2D eigenvalue weighted by atomic mass is 79.9. The summed E-state index contributed by atoms with van der Waals surface area (Å²) in [5.74, 6) is 0.474. The summed E-state index contributed by atoms with van der Waals surface area (Å²) in [7, 11) is 0. The molecular weight excluding hydrogens is 579 g/mol. The van der Waals surface area contributed by atoms with Gasteiger partial charge in [-0.3, -0.25) is 4.79 Å². The van der Waals surface area contributed by atoms with Crippen LogP contribution in [0.2, 0.25) is 15.1 Å². The molecule has 0 aromatic heterocycles. The van der Waals surface area contributed by atoms with E-state index in [0.717, 1.165) is 10.5 Å². The number of nitrogens with one attached hydrogen (secondary N) is 1. The Morgan fingerprint density at radius 3 is 2.46 bits per heavy atom. The first-order valence-corrected chi connectivity index (χ1v) is 12.3. The lowest BCUT2D eigenvalue weighted by Gasteiger charge is -2.14. The van der Waals surface area contributed by atoms with Gasteiger partial charge in [-0.05, 0) is 66.6 Å². The zero-order valence-corrected chi connectivity index (χ0v) is 22.1. The summed E-state index contributed by atoms with van der Waals surface area (Å²) in [4.78, 5) is 26.5. The molecule has 3 aromatic rings. The fraction of sp³-hybridized carbons (Fsp3) is 0.120. The molecule has 0 bridgehead atoms. The topological polar surface area (TPSA) is 67.9 Å². The lowest BCUT2D eigenvalue weighted by Crippen LogP contribution is -2.30. The second kappa shape index (κ2) is 10.9. The van der Waals surface area contributed by atoms with E-state index >= 15 is 0 Å². The SMILES string of the molecule is CCOc1cc(/C=C2/NC(=O)N(c3cccc(Cl)c3)C2=O)c(Br)cc1OCc1ccc(Cl)c(Cl)c1. The summed E-state index contributed by atoms with van der Waals surface area (Å²) < 4.78 is 12.4. The zero-order valence-electron chi connectivity index (χ0n) is 18.3. The van der Waals surface area contributed by atoms with Crippen molar-refractivity contribution < 1.29 is 19.1 Å². The Morgan fingerprint density at radius 1 is 0.971 bits per heavy atom. The van der Waals surface area contributed by atoms with E-state index < -0.39 is 11.9 Å². The maximum atomic E-state index is 13.0. The van der Waals surface area contributed by atoms with Crippen molar-refractivity contribution in [1.29, 1.82) is 0 Å². The van der Waals surface area contributed by atoms with Crippen molar-refractivity contribution in [3.05, 3.63) is 91.0 Å². The van der Waals surface area contributed by atoms with Gasteiger partial charge in [-0.15, -0.1) is 0 Å². The highest BCUT2D eigenvalue weighted by Gasteiger charge is 2.35. The number of carbonyl (C=O) groups excluding carboxylic acids is 2. The maximum Gasteiger partial charge on any atom is 0.333 e. The Balaban J connectivity index is 1.60. The molecule has 4 rings (SSSR count). The van der Waals surface area contributed by atoms with E-state index in [4.69, 9.17) is 44.3 Å². The second-order valence-electron chi connectivity index (χ2n) is 7.40. The van der Waals surface area contributed by atoms with Crippen LogP contribution in [0.4, 0.5) is 10.5 Å². The number of benzene rings is 3. The Kier molecular flexibility index (Phi) is 7.91. The van der Waals surface area contributed by atoms with E-state index in [1.54, 1.807) is 54.6 Å². The first-order valence-electron chi connectivity index (χ1n) is 10.4. The normalized spacial score (nSPS) is 14.4. The zero-order chi connectivity index (χ0) is 25.1. The fourth-order valence-electron chi connectivity index (χ4n) is 3.37. The third kappa shape index (κ3) is 5.76. The van der Waals surface area contributed by atoms with E-state index in [0.29, 0.717) is 48.9 Å². The summed E-state index contributed by atoms with van der Waals surface area (Å²) in [6, 6.07) is 14.7. The van der Waals surface area contributed by atoms with Crippen LogP contribution in [-0.4, -0.2) is 18.5 Å². The number of ether oxygens (including phenoxy) is 2. The lowest BCUT2D eigenvalue weighted by molar-refractivity contribution is -0.113. The standard InChI is InChI=1S/C25H18BrCl3N2O4/c1-2-34-22-10-15(18(26)12-23(22)35-13-14-6-7-19(28)20(29)8-14)9-21-24(32)31(25(33)30-21)17-5-3-4-16(27)11-17/h3-12H,2,13H2,1H3,(H,30,33)/b21-9+. The minimum absolute atomic E-state index is 0.114. The minimum Gasteiger partial charge on any atom is -0.490 e. The molecule has 0 unspecified atom stereocenters. The monoisotopic (exact) mass is 594 g/mol. The summed E-state index contributed by atoms with van der Waals surface area (Å²) in [6.07, 6.45) is 1.57. The van der Waals surface area contributed by atoms with Crippen molar-refractivity contribution in [3.8, 4) is 11.5 Å². The van der Waals surface area contributed by atoms with E-state index in [1.807, 2.05) is 13.0 Å². The van der Waals surface area contributed by atoms with E-state index in [9.17, 15) is 9.59 Å². The third-order valence-electron chi connectivity index (χ3n) is 4.99. The Hall–Kier alpha value is -2.71. The van der Waals surface area contributed by atoms with Crippen LogP contribution in [-0.2, 0) is 11.4 Å². The molecule has 0 saturated carbocycles. The van der Waals surface area contributed by atoms with Crippen LogP contribution in [0.15, 0.2) is 64.8 Å². The van der Waals surface area contributed by atoms with Crippen molar-refractivity contribution >= 4 is 74.4 Å². The molecule has 3 amide bonds. The number of anilines is 1. The number of amides is 3.